The van der Waals surface area contributed by atoms with Gasteiger partial charge in [0, 0.05) is 38.4 Å². The zero-order valence-corrected chi connectivity index (χ0v) is 16.0. The number of carbonyl (C=O) groups is 1. The molecule has 0 aliphatic carbocycles. The molecular weight excluding hydrogens is 342 g/mol. The van der Waals surface area contributed by atoms with Gasteiger partial charge in [-0.3, -0.25) is 9.69 Å². The highest BCUT2D eigenvalue weighted by atomic mass is 16.5. The van der Waals surface area contributed by atoms with Gasteiger partial charge in [0.05, 0.1) is 25.6 Å². The molecule has 1 aliphatic heterocycles. The molecule has 0 saturated carbocycles. The lowest BCUT2D eigenvalue weighted by Crippen LogP contribution is -2.39. The average molecular weight is 369 g/mol. The Morgan fingerprint density at radius 1 is 1.26 bits per heavy atom. The molecule has 0 radical (unpaired) electrons. The van der Waals surface area contributed by atoms with E-state index in [0.717, 1.165) is 50.6 Å². The fraction of sp³-hybridized carbons (Fsp3) is 0.450. The van der Waals surface area contributed by atoms with E-state index in [0.29, 0.717) is 18.1 Å². The van der Waals surface area contributed by atoms with Crippen molar-refractivity contribution in [1.29, 1.82) is 0 Å². The number of anilines is 2. The SMILES string of the molecule is CCN(C(=O)c1cnc(NCCN2CCOCC2)cn1)c1cccc(C)c1. The molecule has 1 fully saturated rings. The molecule has 0 unspecified atom stereocenters. The Morgan fingerprint density at radius 3 is 2.74 bits per heavy atom. The number of hydrogen-bond donors (Lipinski definition) is 1. The van der Waals surface area contributed by atoms with Crippen LogP contribution in [0.5, 0.6) is 0 Å². The van der Waals surface area contributed by atoms with Crippen molar-refractivity contribution in [3.63, 3.8) is 0 Å². The summed E-state index contributed by atoms with van der Waals surface area (Å²) in [5, 5.41) is 3.26. The summed E-state index contributed by atoms with van der Waals surface area (Å²) in [4.78, 5) is 25.5. The predicted molar refractivity (Wildman–Crippen MR) is 106 cm³/mol. The normalized spacial score (nSPS) is 14.7. The molecule has 1 aromatic carbocycles. The van der Waals surface area contributed by atoms with Crippen molar-refractivity contribution in [2.45, 2.75) is 13.8 Å². The van der Waals surface area contributed by atoms with E-state index < -0.39 is 0 Å². The molecule has 144 valence electrons. The molecule has 3 rings (SSSR count). The lowest BCUT2D eigenvalue weighted by Gasteiger charge is -2.26. The van der Waals surface area contributed by atoms with E-state index in [1.54, 1.807) is 11.1 Å². The van der Waals surface area contributed by atoms with Gasteiger partial charge < -0.3 is 15.0 Å². The van der Waals surface area contributed by atoms with Gasteiger partial charge in [-0.05, 0) is 31.5 Å². The minimum atomic E-state index is -0.143. The first-order valence-corrected chi connectivity index (χ1v) is 9.42. The van der Waals surface area contributed by atoms with Crippen molar-refractivity contribution in [2.75, 3.05) is 56.2 Å². The van der Waals surface area contributed by atoms with Crippen molar-refractivity contribution in [3.05, 3.63) is 47.9 Å². The minimum Gasteiger partial charge on any atom is -0.379 e. The van der Waals surface area contributed by atoms with Crippen LogP contribution in [0.15, 0.2) is 36.7 Å². The predicted octanol–water partition coefficient (Wildman–Crippen LogP) is 2.20. The monoisotopic (exact) mass is 369 g/mol. The lowest BCUT2D eigenvalue weighted by atomic mass is 10.2. The average Bonchev–Trinajstić information content (AvgIpc) is 2.70. The van der Waals surface area contributed by atoms with Crippen molar-refractivity contribution in [2.24, 2.45) is 0 Å². The molecule has 27 heavy (non-hydrogen) atoms. The van der Waals surface area contributed by atoms with Crippen LogP contribution in [-0.4, -0.2) is 66.7 Å². The van der Waals surface area contributed by atoms with E-state index in [1.165, 1.54) is 6.20 Å². The van der Waals surface area contributed by atoms with Gasteiger partial charge in [-0.2, -0.15) is 0 Å². The summed E-state index contributed by atoms with van der Waals surface area (Å²) in [6.45, 7) is 9.78. The van der Waals surface area contributed by atoms with Gasteiger partial charge in [0.1, 0.15) is 11.5 Å². The number of carbonyl (C=O) groups excluding carboxylic acids is 1. The molecule has 1 saturated heterocycles. The maximum Gasteiger partial charge on any atom is 0.278 e. The van der Waals surface area contributed by atoms with E-state index in [-0.39, 0.29) is 5.91 Å². The topological polar surface area (TPSA) is 70.6 Å². The number of morpholine rings is 1. The van der Waals surface area contributed by atoms with Gasteiger partial charge in [-0.15, -0.1) is 0 Å². The zero-order valence-electron chi connectivity index (χ0n) is 16.0. The molecule has 2 aromatic rings. The number of nitrogens with zero attached hydrogens (tertiary/aromatic N) is 4. The molecule has 1 aromatic heterocycles. The van der Waals surface area contributed by atoms with Gasteiger partial charge in [0.15, 0.2) is 0 Å². The Hall–Kier alpha value is -2.51. The molecule has 0 spiro atoms. The maximum atomic E-state index is 12.8. The summed E-state index contributed by atoms with van der Waals surface area (Å²) in [5.74, 6) is 0.536. The Kier molecular flexibility index (Phi) is 6.73. The first-order chi connectivity index (χ1) is 13.2. The van der Waals surface area contributed by atoms with Crippen LogP contribution >= 0.6 is 0 Å². The summed E-state index contributed by atoms with van der Waals surface area (Å²) in [5.41, 5.74) is 2.33. The van der Waals surface area contributed by atoms with E-state index >= 15 is 0 Å². The highest BCUT2D eigenvalue weighted by Gasteiger charge is 2.18. The summed E-state index contributed by atoms with van der Waals surface area (Å²) in [7, 11) is 0. The van der Waals surface area contributed by atoms with Crippen LogP contribution in [0.25, 0.3) is 0 Å². The molecule has 1 amide bonds. The second-order valence-electron chi connectivity index (χ2n) is 6.56. The maximum absolute atomic E-state index is 12.8. The summed E-state index contributed by atoms with van der Waals surface area (Å²) in [6.07, 6.45) is 3.16. The van der Waals surface area contributed by atoms with E-state index in [4.69, 9.17) is 4.74 Å². The number of ether oxygens (including phenoxy) is 1. The number of nitrogens with one attached hydrogen (secondary N) is 1. The fourth-order valence-electron chi connectivity index (χ4n) is 3.07. The number of benzene rings is 1. The van der Waals surface area contributed by atoms with Crippen molar-refractivity contribution in [1.82, 2.24) is 14.9 Å². The Morgan fingerprint density at radius 2 is 2.07 bits per heavy atom. The third kappa shape index (κ3) is 5.24. The molecule has 0 atom stereocenters. The van der Waals surface area contributed by atoms with E-state index in [9.17, 15) is 4.79 Å². The standard InChI is InChI=1S/C20H27N5O2/c1-3-25(17-6-4-5-16(2)13-17)20(26)18-14-23-19(15-22-18)21-7-8-24-9-11-27-12-10-24/h4-6,13-15H,3,7-12H2,1-2H3,(H,21,23). The van der Waals surface area contributed by atoms with Crippen molar-refractivity contribution < 1.29 is 9.53 Å². The Bertz CT molecular complexity index is 744. The molecular formula is C20H27N5O2. The highest BCUT2D eigenvalue weighted by molar-refractivity contribution is 6.04. The third-order valence-corrected chi connectivity index (χ3v) is 4.58. The molecule has 7 nitrogen and oxygen atoms in total. The molecule has 7 heteroatoms. The van der Waals surface area contributed by atoms with Gasteiger partial charge in [0.2, 0.25) is 0 Å². The van der Waals surface area contributed by atoms with Crippen LogP contribution in [0.1, 0.15) is 23.0 Å². The number of aromatic nitrogens is 2. The summed E-state index contributed by atoms with van der Waals surface area (Å²) < 4.78 is 5.35. The van der Waals surface area contributed by atoms with E-state index in [2.05, 4.69) is 20.2 Å². The highest BCUT2D eigenvalue weighted by Crippen LogP contribution is 2.18. The lowest BCUT2D eigenvalue weighted by molar-refractivity contribution is 0.0398. The van der Waals surface area contributed by atoms with E-state index in [1.807, 2.05) is 38.1 Å². The first kappa shape index (κ1) is 19.3. The zero-order chi connectivity index (χ0) is 19.1. The number of amides is 1. The van der Waals surface area contributed by atoms with Gasteiger partial charge >= 0.3 is 0 Å². The molecule has 0 bridgehead atoms. The number of rotatable bonds is 7. The van der Waals surface area contributed by atoms with Crippen LogP contribution in [-0.2, 0) is 4.74 Å². The van der Waals surface area contributed by atoms with Gasteiger partial charge in [-0.25, -0.2) is 9.97 Å². The smallest absolute Gasteiger partial charge is 0.278 e. The summed E-state index contributed by atoms with van der Waals surface area (Å²) in [6, 6.07) is 7.90. The summed E-state index contributed by atoms with van der Waals surface area (Å²) >= 11 is 0. The quantitative estimate of drug-likeness (QED) is 0.807. The minimum absolute atomic E-state index is 0.143. The van der Waals surface area contributed by atoms with Crippen LogP contribution in [0.4, 0.5) is 11.5 Å². The van der Waals surface area contributed by atoms with Crippen LogP contribution in [0, 0.1) is 6.92 Å². The van der Waals surface area contributed by atoms with Crippen LogP contribution in [0.3, 0.4) is 0 Å². The van der Waals surface area contributed by atoms with Crippen LogP contribution < -0.4 is 10.2 Å². The second kappa shape index (κ2) is 9.43. The molecule has 1 aliphatic rings. The van der Waals surface area contributed by atoms with Crippen molar-refractivity contribution in [3.8, 4) is 0 Å². The Balaban J connectivity index is 1.57. The van der Waals surface area contributed by atoms with Crippen LogP contribution in [0.2, 0.25) is 0 Å². The number of hydrogen-bond acceptors (Lipinski definition) is 6. The van der Waals surface area contributed by atoms with Crippen molar-refractivity contribution >= 4 is 17.4 Å². The largest absolute Gasteiger partial charge is 0.379 e. The number of aryl methyl sites for hydroxylation is 1. The molecule has 1 N–H and O–H groups in total. The van der Waals surface area contributed by atoms with Gasteiger partial charge in [-0.1, -0.05) is 12.1 Å². The second-order valence-corrected chi connectivity index (χ2v) is 6.56. The first-order valence-electron chi connectivity index (χ1n) is 9.42. The van der Waals surface area contributed by atoms with Gasteiger partial charge in [0.25, 0.3) is 5.91 Å². The Labute approximate surface area is 160 Å². The third-order valence-electron chi connectivity index (χ3n) is 4.58. The fourth-order valence-corrected chi connectivity index (χ4v) is 3.07. The molecule has 2 heterocycles.